The summed E-state index contributed by atoms with van der Waals surface area (Å²) >= 11 is 1.49. The Labute approximate surface area is 114 Å². The van der Waals surface area contributed by atoms with Crippen LogP contribution in [0, 0.1) is 0 Å². The summed E-state index contributed by atoms with van der Waals surface area (Å²) in [6.07, 6.45) is 3.43. The third kappa shape index (κ3) is 4.46. The van der Waals surface area contributed by atoms with E-state index in [1.54, 1.807) is 0 Å². The van der Waals surface area contributed by atoms with Gasteiger partial charge in [-0.05, 0) is 24.3 Å². The lowest BCUT2D eigenvalue weighted by molar-refractivity contribution is -0.139. The van der Waals surface area contributed by atoms with E-state index in [4.69, 9.17) is 4.74 Å². The molecule has 0 aromatic carbocycles. The monoisotopic (exact) mass is 281 g/mol. The first kappa shape index (κ1) is 13.7. The molecule has 102 valence electrons. The molecule has 2 heterocycles. The van der Waals surface area contributed by atoms with Gasteiger partial charge in [0.25, 0.3) is 0 Å². The summed E-state index contributed by atoms with van der Waals surface area (Å²) in [5, 5.41) is 8.13. The zero-order valence-corrected chi connectivity index (χ0v) is 11.1. The van der Waals surface area contributed by atoms with E-state index in [0.29, 0.717) is 6.54 Å². The van der Waals surface area contributed by atoms with Crippen molar-refractivity contribution in [1.82, 2.24) is 10.7 Å². The van der Waals surface area contributed by atoms with Crippen LogP contribution in [0.2, 0.25) is 0 Å². The van der Waals surface area contributed by atoms with Crippen LogP contribution in [0.25, 0.3) is 0 Å². The number of hydrazone groups is 1. The van der Waals surface area contributed by atoms with Crippen molar-refractivity contribution in [2.75, 3.05) is 13.2 Å². The zero-order chi connectivity index (χ0) is 13.5. The summed E-state index contributed by atoms with van der Waals surface area (Å²) in [5.74, 6) is -1.47. The second-order valence-electron chi connectivity index (χ2n) is 4.06. The van der Waals surface area contributed by atoms with Crippen LogP contribution in [-0.2, 0) is 14.3 Å². The Balaban J connectivity index is 1.68. The number of carbonyl (C=O) groups is 2. The molecule has 1 atom stereocenters. The van der Waals surface area contributed by atoms with E-state index >= 15 is 0 Å². The van der Waals surface area contributed by atoms with Gasteiger partial charge in [0.1, 0.15) is 0 Å². The maximum atomic E-state index is 11.4. The van der Waals surface area contributed by atoms with E-state index in [1.807, 2.05) is 17.5 Å². The Morgan fingerprint density at radius 1 is 1.53 bits per heavy atom. The Hall–Kier alpha value is -1.73. The van der Waals surface area contributed by atoms with Crippen LogP contribution in [0.15, 0.2) is 22.6 Å². The van der Waals surface area contributed by atoms with Gasteiger partial charge in [-0.2, -0.15) is 5.10 Å². The fraction of sp³-hybridized carbons (Fsp3) is 0.417. The van der Waals surface area contributed by atoms with Gasteiger partial charge >= 0.3 is 11.8 Å². The van der Waals surface area contributed by atoms with Gasteiger partial charge in [-0.1, -0.05) is 6.07 Å². The van der Waals surface area contributed by atoms with Crippen molar-refractivity contribution in [3.63, 3.8) is 0 Å². The Kier molecular flexibility index (Phi) is 5.05. The number of amides is 2. The Bertz CT molecular complexity index is 453. The highest BCUT2D eigenvalue weighted by atomic mass is 32.1. The number of hydrogen-bond acceptors (Lipinski definition) is 5. The molecule has 7 heteroatoms. The molecule has 19 heavy (non-hydrogen) atoms. The number of hydrogen-bond donors (Lipinski definition) is 2. The average Bonchev–Trinajstić information content (AvgIpc) is 3.08. The summed E-state index contributed by atoms with van der Waals surface area (Å²) in [4.78, 5) is 23.7. The Morgan fingerprint density at radius 2 is 2.42 bits per heavy atom. The van der Waals surface area contributed by atoms with E-state index in [9.17, 15) is 9.59 Å². The molecular formula is C12H15N3O3S. The lowest BCUT2D eigenvalue weighted by Gasteiger charge is -2.09. The van der Waals surface area contributed by atoms with Gasteiger partial charge < -0.3 is 10.1 Å². The predicted octanol–water partition coefficient (Wildman–Crippen LogP) is 0.493. The van der Waals surface area contributed by atoms with E-state index < -0.39 is 11.8 Å². The first-order chi connectivity index (χ1) is 9.25. The van der Waals surface area contributed by atoms with Crippen LogP contribution in [-0.4, -0.2) is 37.3 Å². The van der Waals surface area contributed by atoms with Crippen molar-refractivity contribution >= 4 is 29.4 Å². The van der Waals surface area contributed by atoms with E-state index in [2.05, 4.69) is 15.8 Å². The molecule has 2 N–H and O–H groups in total. The number of thiophene rings is 1. The van der Waals surface area contributed by atoms with Crippen LogP contribution in [0.3, 0.4) is 0 Å². The molecule has 1 unspecified atom stereocenters. The molecule has 1 aliphatic heterocycles. The van der Waals surface area contributed by atoms with Gasteiger partial charge in [-0.3, -0.25) is 9.59 Å². The molecule has 0 bridgehead atoms. The highest BCUT2D eigenvalue weighted by molar-refractivity contribution is 7.11. The number of ether oxygens (including phenoxy) is 1. The highest BCUT2D eigenvalue weighted by Crippen LogP contribution is 2.10. The van der Waals surface area contributed by atoms with E-state index in [0.717, 1.165) is 24.3 Å². The molecule has 1 fully saturated rings. The number of carbonyl (C=O) groups excluding carboxylic acids is 2. The molecular weight excluding hydrogens is 266 g/mol. The van der Waals surface area contributed by atoms with Gasteiger partial charge in [-0.15, -0.1) is 11.3 Å². The third-order valence-electron chi connectivity index (χ3n) is 2.62. The number of nitrogens with zero attached hydrogens (tertiary/aromatic N) is 1. The molecule has 2 amide bonds. The van der Waals surface area contributed by atoms with Crippen LogP contribution in [0.4, 0.5) is 0 Å². The minimum Gasteiger partial charge on any atom is -0.376 e. The quantitative estimate of drug-likeness (QED) is 0.479. The minimum absolute atomic E-state index is 0.0198. The third-order valence-corrected chi connectivity index (χ3v) is 3.43. The Morgan fingerprint density at radius 3 is 3.11 bits per heavy atom. The second kappa shape index (κ2) is 7.01. The second-order valence-corrected chi connectivity index (χ2v) is 5.04. The van der Waals surface area contributed by atoms with Crippen molar-refractivity contribution in [2.24, 2.45) is 5.10 Å². The van der Waals surface area contributed by atoms with Crippen LogP contribution < -0.4 is 10.7 Å². The van der Waals surface area contributed by atoms with Crippen molar-refractivity contribution in [2.45, 2.75) is 18.9 Å². The van der Waals surface area contributed by atoms with Gasteiger partial charge in [-0.25, -0.2) is 5.43 Å². The smallest absolute Gasteiger partial charge is 0.329 e. The fourth-order valence-corrected chi connectivity index (χ4v) is 2.25. The molecule has 0 radical (unpaired) electrons. The number of rotatable bonds is 4. The lowest BCUT2D eigenvalue weighted by Crippen LogP contribution is -2.41. The van der Waals surface area contributed by atoms with Crippen molar-refractivity contribution in [3.8, 4) is 0 Å². The molecule has 1 saturated heterocycles. The lowest BCUT2D eigenvalue weighted by atomic mass is 10.2. The minimum atomic E-state index is -0.772. The molecule has 1 aromatic rings. The molecule has 2 rings (SSSR count). The van der Waals surface area contributed by atoms with Gasteiger partial charge in [0, 0.05) is 18.0 Å². The van der Waals surface area contributed by atoms with Crippen LogP contribution in [0.5, 0.6) is 0 Å². The average molecular weight is 281 g/mol. The molecule has 0 aliphatic carbocycles. The zero-order valence-electron chi connectivity index (χ0n) is 10.3. The first-order valence-corrected chi connectivity index (χ1v) is 6.90. The summed E-state index contributed by atoms with van der Waals surface area (Å²) in [6.45, 7) is 1.08. The van der Waals surface area contributed by atoms with E-state index in [1.165, 1.54) is 17.6 Å². The van der Waals surface area contributed by atoms with Crippen molar-refractivity contribution < 1.29 is 14.3 Å². The van der Waals surface area contributed by atoms with Gasteiger partial charge in [0.15, 0.2) is 0 Å². The largest absolute Gasteiger partial charge is 0.376 e. The molecule has 1 aliphatic rings. The molecule has 0 spiro atoms. The summed E-state index contributed by atoms with van der Waals surface area (Å²) in [6, 6.07) is 3.74. The van der Waals surface area contributed by atoms with Crippen LogP contribution >= 0.6 is 11.3 Å². The van der Waals surface area contributed by atoms with E-state index in [-0.39, 0.29) is 6.10 Å². The summed E-state index contributed by atoms with van der Waals surface area (Å²) in [7, 11) is 0. The normalized spacial score (nSPS) is 18.6. The van der Waals surface area contributed by atoms with Crippen molar-refractivity contribution in [3.05, 3.63) is 22.4 Å². The SMILES string of the molecule is O=C(NCC1CCCO1)C(=O)NN=Cc1cccs1. The maximum Gasteiger partial charge on any atom is 0.329 e. The molecule has 6 nitrogen and oxygen atoms in total. The van der Waals surface area contributed by atoms with Crippen molar-refractivity contribution in [1.29, 1.82) is 0 Å². The summed E-state index contributed by atoms with van der Waals surface area (Å²) < 4.78 is 5.34. The summed E-state index contributed by atoms with van der Waals surface area (Å²) in [5.41, 5.74) is 2.18. The standard InChI is InChI=1S/C12H15N3O3S/c16-11(13-7-9-3-1-5-18-9)12(17)15-14-8-10-4-2-6-19-10/h2,4,6,8-9H,1,3,5,7H2,(H,13,16)(H,15,17). The fourth-order valence-electron chi connectivity index (χ4n) is 1.66. The predicted molar refractivity (Wildman–Crippen MR) is 72.0 cm³/mol. The molecule has 1 aromatic heterocycles. The maximum absolute atomic E-state index is 11.4. The van der Waals surface area contributed by atoms with Gasteiger partial charge in [0.2, 0.25) is 0 Å². The first-order valence-electron chi connectivity index (χ1n) is 6.02. The van der Waals surface area contributed by atoms with Gasteiger partial charge in [0.05, 0.1) is 12.3 Å². The number of nitrogens with one attached hydrogen (secondary N) is 2. The topological polar surface area (TPSA) is 79.8 Å². The highest BCUT2D eigenvalue weighted by Gasteiger charge is 2.18. The molecule has 0 saturated carbocycles. The van der Waals surface area contributed by atoms with Crippen LogP contribution in [0.1, 0.15) is 17.7 Å².